The van der Waals surface area contributed by atoms with Crippen molar-refractivity contribution in [2.24, 2.45) is 4.99 Å². The first-order valence-corrected chi connectivity index (χ1v) is 10.8. The number of hydrogen-bond acceptors (Lipinski definition) is 4. The number of phenols is 1. The van der Waals surface area contributed by atoms with Crippen molar-refractivity contribution < 1.29 is 9.84 Å². The van der Waals surface area contributed by atoms with E-state index in [2.05, 4.69) is 22.5 Å². The average molecular weight is 516 g/mol. The maximum Gasteiger partial charge on any atom is 0.191 e. The second kappa shape index (κ2) is 12.6. The van der Waals surface area contributed by atoms with Crippen molar-refractivity contribution >= 4 is 29.9 Å². The maximum atomic E-state index is 9.62. The van der Waals surface area contributed by atoms with Gasteiger partial charge in [-0.3, -0.25) is 9.89 Å². The molecule has 0 unspecified atom stereocenters. The summed E-state index contributed by atoms with van der Waals surface area (Å²) < 4.78 is 5.58. The van der Waals surface area contributed by atoms with Crippen molar-refractivity contribution in [2.45, 2.75) is 51.0 Å². The molecule has 1 heterocycles. The summed E-state index contributed by atoms with van der Waals surface area (Å²) in [5, 5.41) is 16.5. The van der Waals surface area contributed by atoms with E-state index in [0.29, 0.717) is 5.75 Å². The van der Waals surface area contributed by atoms with Crippen LogP contribution >= 0.6 is 24.0 Å². The summed E-state index contributed by atoms with van der Waals surface area (Å²) in [7, 11) is 0. The highest BCUT2D eigenvalue weighted by atomic mass is 127. The first kappa shape index (κ1) is 24.2. The quantitative estimate of drug-likeness (QED) is 0.295. The Balaban J connectivity index is 0.00000300. The van der Waals surface area contributed by atoms with Gasteiger partial charge in [0.15, 0.2) is 5.96 Å². The summed E-state index contributed by atoms with van der Waals surface area (Å²) in [6, 6.07) is 7.46. The first-order valence-electron chi connectivity index (χ1n) is 10.8. The van der Waals surface area contributed by atoms with E-state index in [1.54, 1.807) is 6.07 Å². The topological polar surface area (TPSA) is 69.1 Å². The van der Waals surface area contributed by atoms with Crippen LogP contribution in [0.1, 0.15) is 44.6 Å². The Morgan fingerprint density at radius 3 is 2.62 bits per heavy atom. The monoisotopic (exact) mass is 516 g/mol. The minimum atomic E-state index is 0. The van der Waals surface area contributed by atoms with E-state index < -0.39 is 0 Å². The number of aliphatic imine (C=N–C) groups is 1. The Kier molecular flexibility index (Phi) is 10.5. The molecule has 6 nitrogen and oxygen atoms in total. The van der Waals surface area contributed by atoms with Gasteiger partial charge in [-0.25, -0.2) is 0 Å². The molecule has 29 heavy (non-hydrogen) atoms. The van der Waals surface area contributed by atoms with Crippen LogP contribution in [0.4, 0.5) is 0 Å². The lowest BCUT2D eigenvalue weighted by atomic mass is 9.80. The molecule has 2 aliphatic rings. The standard InChI is InChI=1S/C22H36N4O2.HI/c1-2-23-21(24-12-9-19-7-6-8-20(27)17-19)25-18-22(10-4-3-5-11-22)26-13-15-28-16-14-26;/h6-8,17,27H,2-5,9-16,18H2,1H3,(H2,23,24,25);1H. The van der Waals surface area contributed by atoms with Gasteiger partial charge >= 0.3 is 0 Å². The Hall–Kier alpha value is -1.06. The normalized spacial score (nSPS) is 20.0. The lowest BCUT2D eigenvalue weighted by Crippen LogP contribution is -2.56. The molecule has 0 bridgehead atoms. The van der Waals surface area contributed by atoms with Crippen molar-refractivity contribution in [3.05, 3.63) is 29.8 Å². The molecule has 1 aliphatic heterocycles. The molecule has 2 fully saturated rings. The van der Waals surface area contributed by atoms with Crippen LogP contribution in [-0.2, 0) is 11.2 Å². The summed E-state index contributed by atoms with van der Waals surface area (Å²) in [5.74, 6) is 1.21. The summed E-state index contributed by atoms with van der Waals surface area (Å²) in [5.41, 5.74) is 1.32. The van der Waals surface area contributed by atoms with E-state index in [9.17, 15) is 5.11 Å². The zero-order valence-corrected chi connectivity index (χ0v) is 20.0. The second-order valence-electron chi connectivity index (χ2n) is 7.93. The molecule has 1 aromatic carbocycles. The lowest BCUT2D eigenvalue weighted by molar-refractivity contribution is -0.0333. The highest BCUT2D eigenvalue weighted by molar-refractivity contribution is 14.0. The number of nitrogens with zero attached hydrogens (tertiary/aromatic N) is 2. The van der Waals surface area contributed by atoms with Gasteiger partial charge in [-0.1, -0.05) is 31.4 Å². The molecule has 0 radical (unpaired) electrons. The summed E-state index contributed by atoms with van der Waals surface area (Å²) in [6.45, 7) is 8.32. The number of phenolic OH excluding ortho intramolecular Hbond substituents is 1. The zero-order valence-electron chi connectivity index (χ0n) is 17.7. The summed E-state index contributed by atoms with van der Waals surface area (Å²) >= 11 is 0. The van der Waals surface area contributed by atoms with Crippen molar-refractivity contribution in [3.8, 4) is 5.75 Å². The van der Waals surface area contributed by atoms with Crippen LogP contribution in [0.2, 0.25) is 0 Å². The van der Waals surface area contributed by atoms with E-state index in [4.69, 9.17) is 9.73 Å². The minimum absolute atomic E-state index is 0. The Labute approximate surface area is 192 Å². The molecule has 7 heteroatoms. The number of hydrogen-bond donors (Lipinski definition) is 3. The fraction of sp³-hybridized carbons (Fsp3) is 0.682. The first-order chi connectivity index (χ1) is 13.7. The third kappa shape index (κ3) is 7.29. The predicted molar refractivity (Wildman–Crippen MR) is 129 cm³/mol. The second-order valence-corrected chi connectivity index (χ2v) is 7.93. The number of nitrogens with one attached hydrogen (secondary N) is 2. The largest absolute Gasteiger partial charge is 0.508 e. The van der Waals surface area contributed by atoms with E-state index in [1.807, 2.05) is 18.2 Å². The summed E-state index contributed by atoms with van der Waals surface area (Å²) in [6.07, 6.45) is 7.27. The van der Waals surface area contributed by atoms with Gasteiger partial charge in [-0.05, 0) is 43.9 Å². The molecule has 1 aromatic rings. The van der Waals surface area contributed by atoms with Gasteiger partial charge in [-0.2, -0.15) is 0 Å². The van der Waals surface area contributed by atoms with Gasteiger partial charge in [0.1, 0.15) is 5.75 Å². The van der Waals surface area contributed by atoms with E-state index >= 15 is 0 Å². The smallest absolute Gasteiger partial charge is 0.191 e. The molecule has 0 amide bonds. The highest BCUT2D eigenvalue weighted by Crippen LogP contribution is 2.34. The van der Waals surface area contributed by atoms with Gasteiger partial charge in [0.2, 0.25) is 0 Å². The molecule has 1 saturated heterocycles. The number of guanidine groups is 1. The van der Waals surface area contributed by atoms with Crippen LogP contribution in [0.15, 0.2) is 29.3 Å². The molecule has 3 N–H and O–H groups in total. The van der Waals surface area contributed by atoms with Gasteiger partial charge in [0, 0.05) is 31.7 Å². The molecule has 1 saturated carbocycles. The van der Waals surface area contributed by atoms with Crippen LogP contribution in [0.5, 0.6) is 5.75 Å². The Morgan fingerprint density at radius 1 is 1.17 bits per heavy atom. The fourth-order valence-electron chi connectivity index (χ4n) is 4.43. The number of rotatable bonds is 7. The molecule has 164 valence electrons. The molecule has 0 atom stereocenters. The van der Waals surface area contributed by atoms with Crippen LogP contribution in [0, 0.1) is 0 Å². The van der Waals surface area contributed by atoms with Crippen molar-refractivity contribution in [3.63, 3.8) is 0 Å². The average Bonchev–Trinajstić information content (AvgIpc) is 2.73. The third-order valence-electron chi connectivity index (χ3n) is 5.96. The number of morpholine rings is 1. The van der Waals surface area contributed by atoms with Crippen molar-refractivity contribution in [1.29, 1.82) is 0 Å². The minimum Gasteiger partial charge on any atom is -0.508 e. The van der Waals surface area contributed by atoms with E-state index in [-0.39, 0.29) is 29.5 Å². The molecule has 0 spiro atoms. The molecular formula is C22H37IN4O2. The van der Waals surface area contributed by atoms with Crippen molar-refractivity contribution in [1.82, 2.24) is 15.5 Å². The number of aromatic hydroxyl groups is 1. The lowest BCUT2D eigenvalue weighted by Gasteiger charge is -2.47. The molecule has 1 aliphatic carbocycles. The van der Waals surface area contributed by atoms with E-state index in [1.165, 1.54) is 32.1 Å². The number of halogens is 1. The highest BCUT2D eigenvalue weighted by Gasteiger charge is 2.38. The van der Waals surface area contributed by atoms with Gasteiger partial charge in [0.05, 0.1) is 19.8 Å². The zero-order chi connectivity index (χ0) is 19.7. The van der Waals surface area contributed by atoms with Crippen LogP contribution < -0.4 is 10.6 Å². The third-order valence-corrected chi connectivity index (χ3v) is 5.96. The van der Waals surface area contributed by atoms with Gasteiger partial charge < -0.3 is 20.5 Å². The number of benzene rings is 1. The summed E-state index contributed by atoms with van der Waals surface area (Å²) in [4.78, 5) is 7.63. The van der Waals surface area contributed by atoms with Crippen LogP contribution in [-0.4, -0.2) is 67.4 Å². The van der Waals surface area contributed by atoms with Gasteiger partial charge in [0.25, 0.3) is 0 Å². The van der Waals surface area contributed by atoms with E-state index in [0.717, 1.165) is 63.9 Å². The molecule has 0 aromatic heterocycles. The number of ether oxygens (including phenoxy) is 1. The maximum absolute atomic E-state index is 9.62. The molecule has 3 rings (SSSR count). The Morgan fingerprint density at radius 2 is 1.93 bits per heavy atom. The van der Waals surface area contributed by atoms with Gasteiger partial charge in [-0.15, -0.1) is 24.0 Å². The van der Waals surface area contributed by atoms with Crippen LogP contribution in [0.3, 0.4) is 0 Å². The predicted octanol–water partition coefficient (Wildman–Crippen LogP) is 3.14. The fourth-order valence-corrected chi connectivity index (χ4v) is 4.43. The van der Waals surface area contributed by atoms with Crippen molar-refractivity contribution in [2.75, 3.05) is 45.9 Å². The molecular weight excluding hydrogens is 479 g/mol. The SMILES string of the molecule is CCNC(=NCC1(N2CCOCC2)CCCCC1)NCCc1cccc(O)c1.I. The Bertz CT molecular complexity index is 629. The van der Waals surface area contributed by atoms with Crippen LogP contribution in [0.25, 0.3) is 0 Å².